The van der Waals surface area contributed by atoms with E-state index in [4.69, 9.17) is 0 Å². The summed E-state index contributed by atoms with van der Waals surface area (Å²) >= 11 is 0. The minimum atomic E-state index is -0.908. The normalized spacial score (nSPS) is 20.8. The van der Waals surface area contributed by atoms with Gasteiger partial charge in [0, 0.05) is 6.20 Å². The number of pyridine rings is 1. The Hall–Kier alpha value is -1.88. The maximum atomic E-state index is 11.2. The van der Waals surface area contributed by atoms with E-state index in [0.717, 1.165) is 18.8 Å². The number of hydrogen-bond acceptors (Lipinski definition) is 3. The Balaban J connectivity index is 2.10. The van der Waals surface area contributed by atoms with Crippen molar-refractivity contribution in [3.05, 3.63) is 35.9 Å². The first-order valence-electron chi connectivity index (χ1n) is 6.58. The molecule has 5 nitrogen and oxygen atoms in total. The highest BCUT2D eigenvalue weighted by atomic mass is 16.4. The van der Waals surface area contributed by atoms with Crippen molar-refractivity contribution in [1.29, 1.82) is 0 Å². The summed E-state index contributed by atoms with van der Waals surface area (Å²) in [7, 11) is 2.10. The molecule has 0 bridgehead atoms. The average molecular weight is 259 g/mol. The molecule has 0 amide bonds. The Morgan fingerprint density at radius 1 is 1.47 bits per heavy atom. The van der Waals surface area contributed by atoms with Gasteiger partial charge in [-0.3, -0.25) is 4.90 Å². The molecule has 1 fully saturated rings. The number of aromatic carboxylic acids is 1. The molecule has 0 aliphatic carbocycles. The van der Waals surface area contributed by atoms with Gasteiger partial charge in [0.1, 0.15) is 5.82 Å². The predicted octanol–water partition coefficient (Wildman–Crippen LogP) is 2.19. The first-order valence-corrected chi connectivity index (χ1v) is 6.58. The Morgan fingerprint density at radius 2 is 2.32 bits per heavy atom. The molecule has 100 valence electrons. The van der Waals surface area contributed by atoms with Gasteiger partial charge in [0.2, 0.25) is 0 Å². The fraction of sp³-hybridized carbons (Fsp3) is 0.429. The van der Waals surface area contributed by atoms with E-state index in [1.807, 2.05) is 10.6 Å². The van der Waals surface area contributed by atoms with E-state index in [2.05, 4.69) is 16.9 Å². The van der Waals surface area contributed by atoms with Gasteiger partial charge >= 0.3 is 5.97 Å². The molecule has 3 heterocycles. The van der Waals surface area contributed by atoms with Crippen molar-refractivity contribution < 1.29 is 9.90 Å². The Labute approximate surface area is 111 Å². The quantitative estimate of drug-likeness (QED) is 0.898. The van der Waals surface area contributed by atoms with Gasteiger partial charge in [-0.15, -0.1) is 0 Å². The second-order valence-electron chi connectivity index (χ2n) is 5.09. The van der Waals surface area contributed by atoms with E-state index < -0.39 is 5.97 Å². The molecule has 1 N–H and O–H groups in total. The number of imidazole rings is 1. The lowest BCUT2D eigenvalue weighted by atomic mass is 10.0. The fourth-order valence-corrected chi connectivity index (χ4v) is 2.87. The SMILES string of the molecule is CN1CCCCC1c1ncc2c(C(=O)O)cccn12. The van der Waals surface area contributed by atoms with Crippen molar-refractivity contribution in [3.63, 3.8) is 0 Å². The molecule has 1 aliphatic rings. The van der Waals surface area contributed by atoms with Crippen LogP contribution in [0.2, 0.25) is 0 Å². The van der Waals surface area contributed by atoms with Crippen LogP contribution < -0.4 is 0 Å². The van der Waals surface area contributed by atoms with Gasteiger partial charge in [0.05, 0.1) is 23.3 Å². The summed E-state index contributed by atoms with van der Waals surface area (Å²) in [4.78, 5) is 18.0. The smallest absolute Gasteiger partial charge is 0.337 e. The number of aromatic nitrogens is 2. The molecule has 0 saturated carbocycles. The number of hydrogen-bond donors (Lipinski definition) is 1. The van der Waals surface area contributed by atoms with Crippen LogP contribution in [0.4, 0.5) is 0 Å². The highest BCUT2D eigenvalue weighted by molar-refractivity contribution is 5.95. The number of carboxylic acid groups (broad SMARTS) is 1. The standard InChI is InChI=1S/C14H17N3O2/c1-16-7-3-2-6-11(16)13-15-9-12-10(14(18)19)5-4-8-17(12)13/h4-5,8-9,11H,2-3,6-7H2,1H3,(H,18,19). The largest absolute Gasteiger partial charge is 0.478 e. The second kappa shape index (κ2) is 4.66. The summed E-state index contributed by atoms with van der Waals surface area (Å²) in [5.41, 5.74) is 0.976. The van der Waals surface area contributed by atoms with Crippen molar-refractivity contribution in [2.75, 3.05) is 13.6 Å². The number of piperidine rings is 1. The third kappa shape index (κ3) is 2.00. The number of likely N-dealkylation sites (tertiary alicyclic amines) is 1. The van der Waals surface area contributed by atoms with Crippen LogP contribution in [-0.4, -0.2) is 39.0 Å². The first kappa shape index (κ1) is 12.2. The number of carboxylic acids is 1. The minimum absolute atomic E-state index is 0.278. The minimum Gasteiger partial charge on any atom is -0.478 e. The third-order valence-corrected chi connectivity index (χ3v) is 3.90. The van der Waals surface area contributed by atoms with Gasteiger partial charge in [-0.2, -0.15) is 0 Å². The van der Waals surface area contributed by atoms with E-state index in [0.29, 0.717) is 11.1 Å². The van der Waals surface area contributed by atoms with Crippen LogP contribution in [0, 0.1) is 0 Å². The van der Waals surface area contributed by atoms with E-state index >= 15 is 0 Å². The van der Waals surface area contributed by atoms with E-state index in [9.17, 15) is 9.90 Å². The Bertz CT molecular complexity index is 620. The van der Waals surface area contributed by atoms with Crippen molar-refractivity contribution >= 4 is 11.5 Å². The van der Waals surface area contributed by atoms with Gasteiger partial charge in [0.25, 0.3) is 0 Å². The average Bonchev–Trinajstić information content (AvgIpc) is 2.82. The highest BCUT2D eigenvalue weighted by Gasteiger charge is 2.25. The van der Waals surface area contributed by atoms with Crippen molar-refractivity contribution in [2.45, 2.75) is 25.3 Å². The lowest BCUT2D eigenvalue weighted by molar-refractivity contribution is 0.0698. The van der Waals surface area contributed by atoms with Crippen LogP contribution in [0.25, 0.3) is 5.52 Å². The van der Waals surface area contributed by atoms with Crippen LogP contribution >= 0.6 is 0 Å². The molecule has 0 aromatic carbocycles. The lowest BCUT2D eigenvalue weighted by Gasteiger charge is -2.31. The molecule has 1 aliphatic heterocycles. The summed E-state index contributed by atoms with van der Waals surface area (Å²) < 4.78 is 1.91. The molecule has 0 spiro atoms. The van der Waals surface area contributed by atoms with Crippen molar-refractivity contribution in [1.82, 2.24) is 14.3 Å². The molecule has 2 aromatic rings. The van der Waals surface area contributed by atoms with Crippen LogP contribution in [0.15, 0.2) is 24.5 Å². The molecular weight excluding hydrogens is 242 g/mol. The van der Waals surface area contributed by atoms with E-state index in [1.165, 1.54) is 12.8 Å². The van der Waals surface area contributed by atoms with Crippen molar-refractivity contribution in [3.8, 4) is 0 Å². The molecule has 1 atom stereocenters. The number of carbonyl (C=O) groups is 1. The number of rotatable bonds is 2. The monoisotopic (exact) mass is 259 g/mol. The summed E-state index contributed by atoms with van der Waals surface area (Å²) in [5, 5.41) is 9.20. The fourth-order valence-electron chi connectivity index (χ4n) is 2.87. The summed E-state index contributed by atoms with van der Waals surface area (Å²) in [5.74, 6) is 0.0364. The van der Waals surface area contributed by atoms with Crippen LogP contribution in [0.5, 0.6) is 0 Å². The second-order valence-corrected chi connectivity index (χ2v) is 5.09. The van der Waals surface area contributed by atoms with E-state index in [1.54, 1.807) is 18.3 Å². The molecular formula is C14H17N3O2. The van der Waals surface area contributed by atoms with Crippen LogP contribution in [0.1, 0.15) is 41.5 Å². The van der Waals surface area contributed by atoms with Gasteiger partial charge in [-0.25, -0.2) is 9.78 Å². The molecule has 0 radical (unpaired) electrons. The maximum Gasteiger partial charge on any atom is 0.337 e. The Morgan fingerprint density at radius 3 is 3.05 bits per heavy atom. The Kier molecular flexibility index (Phi) is 2.98. The molecule has 2 aromatic heterocycles. The van der Waals surface area contributed by atoms with Gasteiger partial charge in [0.15, 0.2) is 0 Å². The van der Waals surface area contributed by atoms with Gasteiger partial charge < -0.3 is 9.51 Å². The van der Waals surface area contributed by atoms with Crippen molar-refractivity contribution in [2.24, 2.45) is 0 Å². The lowest BCUT2D eigenvalue weighted by Crippen LogP contribution is -2.30. The highest BCUT2D eigenvalue weighted by Crippen LogP contribution is 2.29. The molecule has 1 unspecified atom stereocenters. The third-order valence-electron chi connectivity index (χ3n) is 3.90. The zero-order chi connectivity index (χ0) is 13.4. The molecule has 3 rings (SSSR count). The number of nitrogens with zero attached hydrogens (tertiary/aromatic N) is 3. The number of fused-ring (bicyclic) bond motifs is 1. The van der Waals surface area contributed by atoms with Crippen LogP contribution in [-0.2, 0) is 0 Å². The molecule has 19 heavy (non-hydrogen) atoms. The zero-order valence-electron chi connectivity index (χ0n) is 10.9. The topological polar surface area (TPSA) is 57.8 Å². The zero-order valence-corrected chi connectivity index (χ0v) is 10.9. The summed E-state index contributed by atoms with van der Waals surface area (Å²) in [6.45, 7) is 1.07. The maximum absolute atomic E-state index is 11.2. The molecule has 5 heteroatoms. The van der Waals surface area contributed by atoms with E-state index in [-0.39, 0.29) is 6.04 Å². The first-order chi connectivity index (χ1) is 9.18. The van der Waals surface area contributed by atoms with Gasteiger partial charge in [-0.05, 0) is 38.6 Å². The summed E-state index contributed by atoms with van der Waals surface area (Å²) in [6.07, 6.45) is 7.06. The van der Waals surface area contributed by atoms with Crippen LogP contribution in [0.3, 0.4) is 0 Å². The van der Waals surface area contributed by atoms with Gasteiger partial charge in [-0.1, -0.05) is 6.42 Å². The summed E-state index contributed by atoms with van der Waals surface area (Å²) in [6, 6.07) is 3.67. The molecule has 1 saturated heterocycles. The predicted molar refractivity (Wildman–Crippen MR) is 71.4 cm³/mol.